The van der Waals surface area contributed by atoms with Crippen molar-refractivity contribution in [3.05, 3.63) is 58.9 Å². The monoisotopic (exact) mass is 305 g/mol. The van der Waals surface area contributed by atoms with Crippen molar-refractivity contribution in [2.75, 3.05) is 5.73 Å². The molecule has 0 saturated heterocycles. The van der Waals surface area contributed by atoms with Crippen LogP contribution in [0.4, 0.5) is 10.1 Å². The van der Waals surface area contributed by atoms with Gasteiger partial charge < -0.3 is 5.73 Å². The molecule has 110 valence electrons. The average molecular weight is 305 g/mol. The minimum absolute atomic E-state index is 0.143. The number of benzene rings is 2. The van der Waals surface area contributed by atoms with Gasteiger partial charge in [0.2, 0.25) is 0 Å². The predicted octanol–water partition coefficient (Wildman–Crippen LogP) is 2.87. The Bertz CT molecular complexity index is 800. The van der Waals surface area contributed by atoms with Crippen molar-refractivity contribution in [1.82, 2.24) is 0 Å². The summed E-state index contributed by atoms with van der Waals surface area (Å²) in [7, 11) is -3.55. The highest BCUT2D eigenvalue weighted by Gasteiger charge is 2.20. The zero-order valence-electron chi connectivity index (χ0n) is 11.5. The van der Waals surface area contributed by atoms with Crippen LogP contribution in [0.1, 0.15) is 23.1 Å². The highest BCUT2D eigenvalue weighted by molar-refractivity contribution is 7.90. The van der Waals surface area contributed by atoms with E-state index in [2.05, 4.69) is 0 Å². The van der Waals surface area contributed by atoms with Crippen LogP contribution in [0.3, 0.4) is 0 Å². The van der Waals surface area contributed by atoms with Gasteiger partial charge in [0, 0.05) is 11.3 Å². The van der Waals surface area contributed by atoms with Crippen molar-refractivity contribution in [1.29, 1.82) is 0 Å². The molecule has 0 bridgehead atoms. The van der Waals surface area contributed by atoms with Crippen LogP contribution in [-0.2, 0) is 28.4 Å². The topological polar surface area (TPSA) is 60.2 Å². The summed E-state index contributed by atoms with van der Waals surface area (Å²) in [5, 5.41) is 0. The maximum atomic E-state index is 13.8. The molecule has 0 heterocycles. The molecule has 0 atom stereocenters. The molecule has 0 amide bonds. The fourth-order valence-corrected chi connectivity index (χ4v) is 4.12. The lowest BCUT2D eigenvalue weighted by Crippen LogP contribution is -2.07. The standard InChI is InChI=1S/C16H16FNO2S/c17-16-9-14(18)6-4-13(16)10-21(19,20)15-7-5-11-2-1-3-12(11)8-15/h4-9H,1-3,10,18H2. The predicted molar refractivity (Wildman–Crippen MR) is 80.2 cm³/mol. The SMILES string of the molecule is Nc1ccc(CS(=O)(=O)c2ccc3c(c2)CCC3)c(F)c1. The van der Waals surface area contributed by atoms with Gasteiger partial charge in [-0.1, -0.05) is 12.1 Å². The van der Waals surface area contributed by atoms with E-state index in [1.54, 1.807) is 12.1 Å². The normalized spacial score (nSPS) is 14.1. The van der Waals surface area contributed by atoms with Crippen molar-refractivity contribution in [3.8, 4) is 0 Å². The minimum Gasteiger partial charge on any atom is -0.399 e. The van der Waals surface area contributed by atoms with E-state index in [4.69, 9.17) is 5.73 Å². The van der Waals surface area contributed by atoms with Crippen molar-refractivity contribution >= 4 is 15.5 Å². The molecule has 2 N–H and O–H groups in total. The van der Waals surface area contributed by atoms with Crippen LogP contribution in [0.5, 0.6) is 0 Å². The number of rotatable bonds is 3. The number of halogens is 1. The maximum absolute atomic E-state index is 13.8. The van der Waals surface area contributed by atoms with Crippen LogP contribution in [0.15, 0.2) is 41.3 Å². The molecule has 2 aromatic rings. The molecule has 1 aliphatic carbocycles. The van der Waals surface area contributed by atoms with Gasteiger partial charge in [0.05, 0.1) is 10.6 Å². The Morgan fingerprint density at radius 3 is 2.57 bits per heavy atom. The van der Waals surface area contributed by atoms with Gasteiger partial charge in [0.15, 0.2) is 9.84 Å². The largest absolute Gasteiger partial charge is 0.399 e. The molecule has 0 radical (unpaired) electrons. The highest BCUT2D eigenvalue weighted by atomic mass is 32.2. The zero-order chi connectivity index (χ0) is 15.0. The first-order valence-electron chi connectivity index (χ1n) is 6.84. The van der Waals surface area contributed by atoms with Crippen LogP contribution in [0.2, 0.25) is 0 Å². The van der Waals surface area contributed by atoms with Gasteiger partial charge in [-0.05, 0) is 54.7 Å². The number of sulfone groups is 1. The number of hydrogen-bond acceptors (Lipinski definition) is 3. The van der Waals surface area contributed by atoms with Crippen molar-refractivity contribution in [3.63, 3.8) is 0 Å². The van der Waals surface area contributed by atoms with Gasteiger partial charge in [-0.3, -0.25) is 0 Å². The first-order chi connectivity index (χ1) is 9.95. The third kappa shape index (κ3) is 2.78. The fraction of sp³-hybridized carbons (Fsp3) is 0.250. The number of fused-ring (bicyclic) bond motifs is 1. The van der Waals surface area contributed by atoms with Gasteiger partial charge in [0.1, 0.15) is 5.82 Å². The van der Waals surface area contributed by atoms with Crippen molar-refractivity contribution in [2.45, 2.75) is 29.9 Å². The number of anilines is 1. The molecule has 2 aromatic carbocycles. The Hall–Kier alpha value is -1.88. The molecule has 21 heavy (non-hydrogen) atoms. The van der Waals surface area contributed by atoms with E-state index < -0.39 is 15.7 Å². The molecule has 1 aliphatic rings. The molecule has 5 heteroatoms. The molecule has 0 spiro atoms. The molecule has 0 saturated carbocycles. The van der Waals surface area contributed by atoms with E-state index in [0.29, 0.717) is 0 Å². The second-order valence-electron chi connectivity index (χ2n) is 5.39. The lowest BCUT2D eigenvalue weighted by atomic mass is 10.1. The van der Waals surface area contributed by atoms with E-state index in [9.17, 15) is 12.8 Å². The Balaban J connectivity index is 1.93. The first-order valence-corrected chi connectivity index (χ1v) is 8.49. The summed E-state index contributed by atoms with van der Waals surface area (Å²) in [6.07, 6.45) is 2.97. The van der Waals surface area contributed by atoms with E-state index in [1.807, 2.05) is 6.07 Å². The molecule has 0 unspecified atom stereocenters. The summed E-state index contributed by atoms with van der Waals surface area (Å²) >= 11 is 0. The molecule has 3 rings (SSSR count). The molecule has 0 fully saturated rings. The fourth-order valence-electron chi connectivity index (χ4n) is 2.71. The van der Waals surface area contributed by atoms with Crippen molar-refractivity contribution in [2.24, 2.45) is 0 Å². The van der Waals surface area contributed by atoms with Crippen LogP contribution in [0.25, 0.3) is 0 Å². The van der Waals surface area contributed by atoms with E-state index in [1.165, 1.54) is 17.7 Å². The second kappa shape index (κ2) is 5.15. The maximum Gasteiger partial charge on any atom is 0.182 e. The summed E-state index contributed by atoms with van der Waals surface area (Å²) in [6, 6.07) is 9.30. The number of nitrogens with two attached hydrogens (primary N) is 1. The van der Waals surface area contributed by atoms with E-state index in [0.717, 1.165) is 30.9 Å². The van der Waals surface area contributed by atoms with Crippen LogP contribution in [0, 0.1) is 5.82 Å². The Kier molecular flexibility index (Phi) is 3.45. The first kappa shape index (κ1) is 14.1. The lowest BCUT2D eigenvalue weighted by Gasteiger charge is -2.08. The third-order valence-corrected chi connectivity index (χ3v) is 5.51. The molecular formula is C16H16FNO2S. The van der Waals surface area contributed by atoms with Crippen LogP contribution >= 0.6 is 0 Å². The Labute approximate surface area is 123 Å². The Morgan fingerprint density at radius 1 is 1.05 bits per heavy atom. The lowest BCUT2D eigenvalue weighted by molar-refractivity contribution is 0.587. The second-order valence-corrected chi connectivity index (χ2v) is 7.38. The summed E-state index contributed by atoms with van der Waals surface area (Å²) in [5.41, 5.74) is 8.21. The average Bonchev–Trinajstić information content (AvgIpc) is 2.89. The number of nitrogen functional groups attached to an aromatic ring is 1. The number of aryl methyl sites for hydroxylation is 2. The third-order valence-electron chi connectivity index (χ3n) is 3.85. The van der Waals surface area contributed by atoms with Crippen LogP contribution < -0.4 is 5.73 Å². The molecule has 3 nitrogen and oxygen atoms in total. The van der Waals surface area contributed by atoms with Gasteiger partial charge in [-0.2, -0.15) is 0 Å². The van der Waals surface area contributed by atoms with E-state index >= 15 is 0 Å². The van der Waals surface area contributed by atoms with Gasteiger partial charge >= 0.3 is 0 Å². The molecule has 0 aliphatic heterocycles. The Morgan fingerprint density at radius 2 is 1.81 bits per heavy atom. The summed E-state index contributed by atoms with van der Waals surface area (Å²) in [4.78, 5) is 0.263. The quantitative estimate of drug-likeness (QED) is 0.887. The summed E-state index contributed by atoms with van der Waals surface area (Å²) in [6.45, 7) is 0. The summed E-state index contributed by atoms with van der Waals surface area (Å²) in [5.74, 6) is -0.933. The smallest absolute Gasteiger partial charge is 0.182 e. The zero-order valence-corrected chi connectivity index (χ0v) is 12.3. The van der Waals surface area contributed by atoms with Gasteiger partial charge in [0.25, 0.3) is 0 Å². The van der Waals surface area contributed by atoms with Crippen LogP contribution in [-0.4, -0.2) is 8.42 Å². The number of hydrogen-bond donors (Lipinski definition) is 1. The molecular weight excluding hydrogens is 289 g/mol. The summed E-state index contributed by atoms with van der Waals surface area (Å²) < 4.78 is 38.7. The highest BCUT2D eigenvalue weighted by Crippen LogP contribution is 2.27. The molecule has 0 aromatic heterocycles. The van der Waals surface area contributed by atoms with Gasteiger partial charge in [-0.15, -0.1) is 0 Å². The van der Waals surface area contributed by atoms with Gasteiger partial charge in [-0.25, -0.2) is 12.8 Å². The van der Waals surface area contributed by atoms with Crippen molar-refractivity contribution < 1.29 is 12.8 Å². The van der Waals surface area contributed by atoms with E-state index in [-0.39, 0.29) is 21.9 Å². The minimum atomic E-state index is -3.55.